The molecule has 0 bridgehead atoms. The summed E-state index contributed by atoms with van der Waals surface area (Å²) in [5.74, 6) is 0. The molecule has 0 spiro atoms. The van der Waals surface area contributed by atoms with Crippen molar-refractivity contribution in [2.45, 2.75) is 24.7 Å². The maximum absolute atomic E-state index is 11.0. The van der Waals surface area contributed by atoms with Crippen molar-refractivity contribution < 1.29 is 10.2 Å². The lowest BCUT2D eigenvalue weighted by molar-refractivity contribution is -0.126. The Labute approximate surface area is 159 Å². The molecule has 0 saturated carbocycles. The van der Waals surface area contributed by atoms with Gasteiger partial charge in [0, 0.05) is 31.4 Å². The highest BCUT2D eigenvalue weighted by Gasteiger charge is 2.41. The number of benzene rings is 2. The Morgan fingerprint density at radius 3 is 2.37 bits per heavy atom. The Morgan fingerprint density at radius 1 is 0.963 bits per heavy atom. The summed E-state index contributed by atoms with van der Waals surface area (Å²) in [4.78, 5) is 6.57. The number of hydrogen-bond acceptors (Lipinski definition) is 4. The van der Waals surface area contributed by atoms with Gasteiger partial charge in [-0.1, -0.05) is 60.7 Å². The predicted molar refractivity (Wildman–Crippen MR) is 106 cm³/mol. The second-order valence-electron chi connectivity index (χ2n) is 7.20. The molecule has 4 nitrogen and oxygen atoms in total. The minimum atomic E-state index is -1.17. The Balaban J connectivity index is 1.42. The largest absolute Gasteiger partial charge is 0.388 e. The van der Waals surface area contributed by atoms with Crippen molar-refractivity contribution in [3.05, 3.63) is 90.1 Å². The van der Waals surface area contributed by atoms with Gasteiger partial charge in [0.25, 0.3) is 0 Å². The van der Waals surface area contributed by atoms with E-state index < -0.39 is 11.7 Å². The highest BCUT2D eigenvalue weighted by molar-refractivity contribution is 5.58. The van der Waals surface area contributed by atoms with E-state index in [0.29, 0.717) is 13.0 Å². The second kappa shape index (κ2) is 7.61. The smallest absolute Gasteiger partial charge is 0.118 e. The molecule has 3 aromatic rings. The lowest BCUT2D eigenvalue weighted by atomic mass is 9.82. The van der Waals surface area contributed by atoms with E-state index >= 15 is 0 Å². The number of hydrogen-bond donors (Lipinski definition) is 2. The van der Waals surface area contributed by atoms with E-state index in [4.69, 9.17) is 0 Å². The number of aromatic nitrogens is 1. The normalized spacial score (nSPS) is 23.3. The fourth-order valence-corrected chi connectivity index (χ4v) is 3.76. The molecule has 0 amide bonds. The molecule has 2 atom stereocenters. The number of pyridine rings is 1. The first-order chi connectivity index (χ1) is 13.1. The van der Waals surface area contributed by atoms with E-state index in [9.17, 15) is 10.2 Å². The van der Waals surface area contributed by atoms with Crippen LogP contribution in [0, 0.1) is 0 Å². The molecule has 0 aliphatic carbocycles. The monoisotopic (exact) mass is 360 g/mol. The zero-order valence-corrected chi connectivity index (χ0v) is 15.2. The van der Waals surface area contributed by atoms with Crippen LogP contribution in [0.4, 0.5) is 0 Å². The molecule has 138 valence electrons. The summed E-state index contributed by atoms with van der Waals surface area (Å²) in [6.07, 6.45) is 1.51. The molecule has 4 heteroatoms. The summed E-state index contributed by atoms with van der Waals surface area (Å²) in [7, 11) is 0. The predicted octanol–water partition coefficient (Wildman–Crippen LogP) is 3.20. The number of aliphatic hydroxyl groups is 2. The lowest BCUT2D eigenvalue weighted by Gasteiger charge is -2.42. The fourth-order valence-electron chi connectivity index (χ4n) is 3.76. The summed E-state index contributed by atoms with van der Waals surface area (Å²) >= 11 is 0. The van der Waals surface area contributed by atoms with Gasteiger partial charge in [-0.25, -0.2) is 0 Å². The van der Waals surface area contributed by atoms with Gasteiger partial charge in [-0.15, -0.1) is 0 Å². The van der Waals surface area contributed by atoms with Gasteiger partial charge in [0.2, 0.25) is 0 Å². The van der Waals surface area contributed by atoms with E-state index in [-0.39, 0.29) is 0 Å². The van der Waals surface area contributed by atoms with Crippen molar-refractivity contribution in [3.63, 3.8) is 0 Å². The number of rotatable bonds is 4. The first-order valence-electron chi connectivity index (χ1n) is 9.34. The SMILES string of the molecule is O[C@H]1CN(Cc2ccc(-c3ccccn3)cc2)CC[C@]1(O)c1ccccc1. The summed E-state index contributed by atoms with van der Waals surface area (Å²) in [6, 6.07) is 23.8. The Morgan fingerprint density at radius 2 is 1.70 bits per heavy atom. The van der Waals surface area contributed by atoms with Crippen molar-refractivity contribution in [1.29, 1.82) is 0 Å². The zero-order chi connectivity index (χ0) is 18.7. The molecule has 4 rings (SSSR count). The Kier molecular flexibility index (Phi) is 5.03. The molecule has 2 aromatic carbocycles. The van der Waals surface area contributed by atoms with Gasteiger partial charge >= 0.3 is 0 Å². The average Bonchev–Trinajstić information content (AvgIpc) is 2.73. The van der Waals surface area contributed by atoms with Crippen molar-refractivity contribution in [2.75, 3.05) is 13.1 Å². The topological polar surface area (TPSA) is 56.6 Å². The minimum Gasteiger partial charge on any atom is -0.388 e. The molecule has 2 N–H and O–H groups in total. The van der Waals surface area contributed by atoms with Crippen LogP contribution in [-0.4, -0.2) is 39.3 Å². The van der Waals surface area contributed by atoms with Gasteiger partial charge in [0.15, 0.2) is 0 Å². The van der Waals surface area contributed by atoms with Crippen LogP contribution in [0.1, 0.15) is 17.5 Å². The van der Waals surface area contributed by atoms with Crippen LogP contribution in [0.15, 0.2) is 79.0 Å². The van der Waals surface area contributed by atoms with Crippen LogP contribution in [0.2, 0.25) is 0 Å². The maximum atomic E-state index is 11.0. The van der Waals surface area contributed by atoms with E-state index in [1.54, 1.807) is 6.20 Å². The second-order valence-corrected chi connectivity index (χ2v) is 7.20. The number of aliphatic hydroxyl groups excluding tert-OH is 1. The van der Waals surface area contributed by atoms with Crippen molar-refractivity contribution >= 4 is 0 Å². The highest BCUT2D eigenvalue weighted by Crippen LogP contribution is 2.33. The number of likely N-dealkylation sites (tertiary alicyclic amines) is 1. The third-order valence-corrected chi connectivity index (χ3v) is 5.39. The lowest BCUT2D eigenvalue weighted by Crippen LogP contribution is -2.53. The first-order valence-corrected chi connectivity index (χ1v) is 9.34. The molecule has 0 unspecified atom stereocenters. The van der Waals surface area contributed by atoms with Crippen molar-refractivity contribution in [2.24, 2.45) is 0 Å². The number of piperidine rings is 1. The van der Waals surface area contributed by atoms with E-state index in [1.165, 1.54) is 5.56 Å². The van der Waals surface area contributed by atoms with Gasteiger partial charge in [-0.2, -0.15) is 0 Å². The van der Waals surface area contributed by atoms with Gasteiger partial charge in [0.1, 0.15) is 5.60 Å². The van der Waals surface area contributed by atoms with Crippen molar-refractivity contribution in [1.82, 2.24) is 9.88 Å². The third-order valence-electron chi connectivity index (χ3n) is 5.39. The van der Waals surface area contributed by atoms with Crippen molar-refractivity contribution in [3.8, 4) is 11.3 Å². The van der Waals surface area contributed by atoms with Crippen LogP contribution < -0.4 is 0 Å². The Bertz CT molecular complexity index is 868. The summed E-state index contributed by atoms with van der Waals surface area (Å²) < 4.78 is 0. The highest BCUT2D eigenvalue weighted by atomic mass is 16.3. The quantitative estimate of drug-likeness (QED) is 0.750. The van der Waals surface area contributed by atoms with Crippen LogP contribution in [0.25, 0.3) is 11.3 Å². The molecule has 1 aliphatic rings. The first kappa shape index (κ1) is 17.9. The summed E-state index contributed by atoms with van der Waals surface area (Å²) in [6.45, 7) is 1.95. The Hall–Kier alpha value is -2.53. The van der Waals surface area contributed by atoms with Gasteiger partial charge in [-0.05, 0) is 29.7 Å². The molecule has 0 radical (unpaired) electrons. The number of nitrogens with zero attached hydrogens (tertiary/aromatic N) is 2. The van der Waals surface area contributed by atoms with E-state index in [1.807, 2.05) is 48.5 Å². The van der Waals surface area contributed by atoms with Gasteiger partial charge < -0.3 is 10.2 Å². The summed E-state index contributed by atoms with van der Waals surface area (Å²) in [5, 5.41) is 21.6. The van der Waals surface area contributed by atoms with Crippen LogP contribution in [-0.2, 0) is 12.1 Å². The number of β-amino-alcohol motifs (C(OH)–C–C–N with tert-alkyl or cyclic N) is 1. The molecule has 27 heavy (non-hydrogen) atoms. The molecular formula is C23H24N2O2. The van der Waals surface area contributed by atoms with Crippen LogP contribution in [0.3, 0.4) is 0 Å². The molecule has 1 aliphatic heterocycles. The maximum Gasteiger partial charge on any atom is 0.118 e. The van der Waals surface area contributed by atoms with Crippen LogP contribution in [0.5, 0.6) is 0 Å². The van der Waals surface area contributed by atoms with E-state index in [2.05, 4.69) is 34.1 Å². The molecule has 1 fully saturated rings. The fraction of sp³-hybridized carbons (Fsp3) is 0.261. The molecule has 1 saturated heterocycles. The van der Waals surface area contributed by atoms with Gasteiger partial charge in [0.05, 0.1) is 11.8 Å². The van der Waals surface area contributed by atoms with Crippen LogP contribution >= 0.6 is 0 Å². The molecule has 1 aromatic heterocycles. The van der Waals surface area contributed by atoms with Gasteiger partial charge in [-0.3, -0.25) is 9.88 Å². The third kappa shape index (κ3) is 3.78. The molecular weight excluding hydrogens is 336 g/mol. The zero-order valence-electron chi connectivity index (χ0n) is 15.2. The standard InChI is InChI=1S/C23H24N2O2/c26-22-17-25(15-13-23(22,27)20-6-2-1-3-7-20)16-18-9-11-19(12-10-18)21-8-4-5-14-24-21/h1-12,14,22,26-27H,13,15-17H2/t22-,23-/m0/s1. The van der Waals surface area contributed by atoms with E-state index in [0.717, 1.165) is 29.9 Å². The summed E-state index contributed by atoms with van der Waals surface area (Å²) in [5.41, 5.74) is 2.87. The molecule has 2 heterocycles. The average molecular weight is 360 g/mol. The minimum absolute atomic E-state index is 0.452.